The first-order chi connectivity index (χ1) is 7.18. The lowest BCUT2D eigenvalue weighted by atomic mass is 10.0. The molecule has 2 fully saturated rings. The fourth-order valence-corrected chi connectivity index (χ4v) is 2.45. The molecule has 4 heteroatoms. The molecule has 0 spiro atoms. The number of rotatable bonds is 1. The summed E-state index contributed by atoms with van der Waals surface area (Å²) >= 11 is 6.01. The van der Waals surface area contributed by atoms with Crippen molar-refractivity contribution in [1.29, 1.82) is 0 Å². The van der Waals surface area contributed by atoms with E-state index in [-0.39, 0.29) is 17.4 Å². The van der Waals surface area contributed by atoms with Crippen LogP contribution >= 0.6 is 11.6 Å². The van der Waals surface area contributed by atoms with E-state index in [1.807, 2.05) is 4.90 Å². The molecule has 2 heterocycles. The van der Waals surface area contributed by atoms with Gasteiger partial charge in [-0.15, -0.1) is 11.6 Å². The molecule has 2 unspecified atom stereocenters. The fraction of sp³-hybridized carbons (Fsp3) is 0.909. The lowest BCUT2D eigenvalue weighted by Gasteiger charge is -2.31. The summed E-state index contributed by atoms with van der Waals surface area (Å²) in [5, 5.41) is 0.246. The number of halogens is 1. The minimum Gasteiger partial charge on any atom is -0.368 e. The minimum absolute atomic E-state index is 0.170. The van der Waals surface area contributed by atoms with E-state index in [0.29, 0.717) is 5.92 Å². The van der Waals surface area contributed by atoms with Crippen molar-refractivity contribution in [2.75, 3.05) is 19.7 Å². The van der Waals surface area contributed by atoms with E-state index in [1.165, 1.54) is 0 Å². The van der Waals surface area contributed by atoms with Gasteiger partial charge < -0.3 is 9.64 Å². The van der Waals surface area contributed by atoms with Crippen LogP contribution in [0.2, 0.25) is 0 Å². The van der Waals surface area contributed by atoms with Gasteiger partial charge in [-0.3, -0.25) is 4.79 Å². The van der Waals surface area contributed by atoms with Crippen LogP contribution < -0.4 is 0 Å². The molecule has 2 aliphatic heterocycles. The molecule has 86 valence electrons. The summed E-state index contributed by atoms with van der Waals surface area (Å²) in [7, 11) is 0. The lowest BCUT2D eigenvalue weighted by molar-refractivity contribution is -0.143. The fourth-order valence-electron chi connectivity index (χ4n) is 2.26. The Balaban J connectivity index is 1.90. The molecule has 0 radical (unpaired) electrons. The molecule has 2 rings (SSSR count). The Morgan fingerprint density at radius 2 is 2.00 bits per heavy atom. The predicted molar refractivity (Wildman–Crippen MR) is 59.0 cm³/mol. The standard InChI is InChI=1S/C11H18ClNO2/c1-8-4-7-15-10(8)11(14)13-5-2-9(12)3-6-13/h8-10H,2-7H2,1H3. The average Bonchev–Trinajstić information content (AvgIpc) is 2.65. The van der Waals surface area contributed by atoms with Crippen LogP contribution in [0.4, 0.5) is 0 Å². The molecule has 0 aliphatic carbocycles. The van der Waals surface area contributed by atoms with Crippen LogP contribution in [0.3, 0.4) is 0 Å². The van der Waals surface area contributed by atoms with Crippen molar-refractivity contribution < 1.29 is 9.53 Å². The van der Waals surface area contributed by atoms with Crippen molar-refractivity contribution in [3.8, 4) is 0 Å². The second-order valence-corrected chi connectivity index (χ2v) is 5.17. The van der Waals surface area contributed by atoms with E-state index in [4.69, 9.17) is 16.3 Å². The van der Waals surface area contributed by atoms with Gasteiger partial charge in [0.25, 0.3) is 5.91 Å². The van der Waals surface area contributed by atoms with E-state index in [2.05, 4.69) is 6.92 Å². The Hall–Kier alpha value is -0.280. The molecule has 2 aliphatic rings. The van der Waals surface area contributed by atoms with Crippen LogP contribution in [-0.2, 0) is 9.53 Å². The van der Waals surface area contributed by atoms with Gasteiger partial charge in [0.05, 0.1) is 0 Å². The quantitative estimate of drug-likeness (QED) is 0.643. The maximum atomic E-state index is 12.1. The van der Waals surface area contributed by atoms with Gasteiger partial charge in [0, 0.05) is 25.1 Å². The topological polar surface area (TPSA) is 29.5 Å². The van der Waals surface area contributed by atoms with Crippen LogP contribution in [0.1, 0.15) is 26.2 Å². The summed E-state index contributed by atoms with van der Waals surface area (Å²) in [6, 6.07) is 0. The number of carbonyl (C=O) groups is 1. The third-order valence-electron chi connectivity index (χ3n) is 3.37. The number of ether oxygens (including phenoxy) is 1. The zero-order chi connectivity index (χ0) is 10.8. The van der Waals surface area contributed by atoms with Gasteiger partial charge in [-0.1, -0.05) is 6.92 Å². The first-order valence-electron chi connectivity index (χ1n) is 5.73. The summed E-state index contributed by atoms with van der Waals surface area (Å²) in [6.45, 7) is 4.40. The Labute approximate surface area is 95.7 Å². The van der Waals surface area contributed by atoms with Crippen molar-refractivity contribution in [2.45, 2.75) is 37.7 Å². The summed E-state index contributed by atoms with van der Waals surface area (Å²) in [6.07, 6.45) is 2.63. The minimum atomic E-state index is -0.197. The molecule has 15 heavy (non-hydrogen) atoms. The highest BCUT2D eigenvalue weighted by Crippen LogP contribution is 2.24. The number of hydrogen-bond donors (Lipinski definition) is 0. The van der Waals surface area contributed by atoms with Gasteiger partial charge in [0.15, 0.2) is 0 Å². The van der Waals surface area contributed by atoms with Gasteiger partial charge in [-0.25, -0.2) is 0 Å². The Bertz CT molecular complexity index is 239. The molecule has 2 saturated heterocycles. The average molecular weight is 232 g/mol. The number of amides is 1. The number of alkyl halides is 1. The Morgan fingerprint density at radius 1 is 1.33 bits per heavy atom. The molecule has 0 bridgehead atoms. The van der Waals surface area contributed by atoms with Crippen LogP contribution in [0.25, 0.3) is 0 Å². The van der Waals surface area contributed by atoms with Gasteiger partial charge >= 0.3 is 0 Å². The van der Waals surface area contributed by atoms with Crippen molar-refractivity contribution in [1.82, 2.24) is 4.90 Å². The highest BCUT2D eigenvalue weighted by atomic mass is 35.5. The van der Waals surface area contributed by atoms with E-state index >= 15 is 0 Å². The second-order valence-electron chi connectivity index (χ2n) is 4.56. The zero-order valence-electron chi connectivity index (χ0n) is 9.12. The van der Waals surface area contributed by atoms with E-state index in [1.54, 1.807) is 0 Å². The van der Waals surface area contributed by atoms with Gasteiger partial charge in [-0.2, -0.15) is 0 Å². The third kappa shape index (κ3) is 2.45. The normalized spacial score (nSPS) is 33.3. The van der Waals surface area contributed by atoms with Crippen LogP contribution in [0.5, 0.6) is 0 Å². The predicted octanol–water partition coefficient (Wildman–Crippen LogP) is 1.64. The summed E-state index contributed by atoms with van der Waals surface area (Å²) in [5.74, 6) is 0.537. The number of likely N-dealkylation sites (tertiary alicyclic amines) is 1. The number of nitrogens with zero attached hydrogens (tertiary/aromatic N) is 1. The molecule has 0 aromatic heterocycles. The van der Waals surface area contributed by atoms with Crippen LogP contribution in [0, 0.1) is 5.92 Å². The van der Waals surface area contributed by atoms with Crippen molar-refractivity contribution in [3.63, 3.8) is 0 Å². The number of carbonyl (C=O) groups excluding carboxylic acids is 1. The maximum Gasteiger partial charge on any atom is 0.251 e. The molecule has 3 nitrogen and oxygen atoms in total. The molecule has 0 aromatic carbocycles. The number of piperidine rings is 1. The SMILES string of the molecule is CC1CCOC1C(=O)N1CCC(Cl)CC1. The first-order valence-corrected chi connectivity index (χ1v) is 6.16. The number of hydrogen-bond acceptors (Lipinski definition) is 2. The monoisotopic (exact) mass is 231 g/mol. The molecule has 1 amide bonds. The summed E-state index contributed by atoms with van der Waals surface area (Å²) in [5.41, 5.74) is 0. The lowest BCUT2D eigenvalue weighted by Crippen LogP contribution is -2.45. The van der Waals surface area contributed by atoms with Crippen molar-refractivity contribution in [2.24, 2.45) is 5.92 Å². The molecular weight excluding hydrogens is 214 g/mol. The Kier molecular flexibility index (Phi) is 3.52. The van der Waals surface area contributed by atoms with Gasteiger partial charge in [0.2, 0.25) is 0 Å². The molecule has 0 saturated carbocycles. The molecule has 2 atom stereocenters. The van der Waals surface area contributed by atoms with Gasteiger partial charge in [0.1, 0.15) is 6.10 Å². The highest BCUT2D eigenvalue weighted by molar-refractivity contribution is 6.20. The summed E-state index contributed by atoms with van der Waals surface area (Å²) < 4.78 is 5.48. The highest BCUT2D eigenvalue weighted by Gasteiger charge is 2.35. The third-order valence-corrected chi connectivity index (χ3v) is 3.80. The first kappa shape index (κ1) is 11.2. The van der Waals surface area contributed by atoms with Crippen LogP contribution in [-0.4, -0.2) is 42.0 Å². The second kappa shape index (κ2) is 4.71. The maximum absolute atomic E-state index is 12.1. The van der Waals surface area contributed by atoms with E-state index in [0.717, 1.165) is 39.0 Å². The van der Waals surface area contributed by atoms with Crippen molar-refractivity contribution in [3.05, 3.63) is 0 Å². The largest absolute Gasteiger partial charge is 0.368 e. The molecule has 0 aromatic rings. The van der Waals surface area contributed by atoms with Crippen LogP contribution in [0.15, 0.2) is 0 Å². The van der Waals surface area contributed by atoms with E-state index in [9.17, 15) is 4.79 Å². The molecule has 0 N–H and O–H groups in total. The van der Waals surface area contributed by atoms with Crippen molar-refractivity contribution >= 4 is 17.5 Å². The molecular formula is C11H18ClNO2. The smallest absolute Gasteiger partial charge is 0.251 e. The Morgan fingerprint density at radius 3 is 2.53 bits per heavy atom. The zero-order valence-corrected chi connectivity index (χ0v) is 9.87. The van der Waals surface area contributed by atoms with E-state index < -0.39 is 0 Å². The van der Waals surface area contributed by atoms with Gasteiger partial charge in [-0.05, 0) is 25.2 Å². The summed E-state index contributed by atoms with van der Waals surface area (Å²) in [4.78, 5) is 14.0.